The number of thioether (sulfide) groups is 1. The first kappa shape index (κ1) is 10.0. The van der Waals surface area contributed by atoms with Gasteiger partial charge in [0.15, 0.2) is 0 Å². The molecule has 0 aliphatic heterocycles. The van der Waals surface area contributed by atoms with E-state index in [-0.39, 0.29) is 16.9 Å². The fourth-order valence-corrected chi connectivity index (χ4v) is 1.51. The summed E-state index contributed by atoms with van der Waals surface area (Å²) in [6, 6.07) is 3.79. The van der Waals surface area contributed by atoms with Crippen LogP contribution in [0.1, 0.15) is 11.1 Å². The Morgan fingerprint density at radius 3 is 2.31 bits per heavy atom. The third-order valence-corrected chi connectivity index (χ3v) is 2.14. The van der Waals surface area contributed by atoms with Crippen molar-refractivity contribution >= 4 is 11.8 Å². The number of nitrogens with zero attached hydrogens (tertiary/aromatic N) is 1. The molecule has 0 heterocycles. The Morgan fingerprint density at radius 1 is 1.38 bits per heavy atom. The van der Waals surface area contributed by atoms with Gasteiger partial charge in [-0.05, 0) is 18.4 Å². The summed E-state index contributed by atoms with van der Waals surface area (Å²) >= 11 is 1.33. The molecule has 0 radical (unpaired) electrons. The summed E-state index contributed by atoms with van der Waals surface area (Å²) < 4.78 is 26.2. The first-order valence-electron chi connectivity index (χ1n) is 3.56. The van der Waals surface area contributed by atoms with Crippen molar-refractivity contribution in [3.05, 3.63) is 34.9 Å². The van der Waals surface area contributed by atoms with Gasteiger partial charge >= 0.3 is 0 Å². The molecule has 0 fully saturated rings. The highest BCUT2D eigenvalue weighted by molar-refractivity contribution is 7.97. The van der Waals surface area contributed by atoms with Crippen LogP contribution in [-0.4, -0.2) is 6.26 Å². The molecular formula is C9H7F2NS. The van der Waals surface area contributed by atoms with Gasteiger partial charge in [0.25, 0.3) is 0 Å². The van der Waals surface area contributed by atoms with E-state index in [0.717, 1.165) is 12.1 Å². The fraction of sp³-hybridized carbons (Fsp3) is 0.222. The predicted molar refractivity (Wildman–Crippen MR) is 48.3 cm³/mol. The SMILES string of the molecule is CSCc1c(F)cc(C#N)cc1F. The molecule has 0 saturated heterocycles. The molecule has 4 heteroatoms. The molecule has 1 rings (SSSR count). The van der Waals surface area contributed by atoms with E-state index in [9.17, 15) is 8.78 Å². The molecule has 0 aliphatic carbocycles. The zero-order valence-electron chi connectivity index (χ0n) is 6.97. The first-order chi connectivity index (χ1) is 6.19. The standard InChI is InChI=1S/C9H7F2NS/c1-13-5-7-8(10)2-6(4-12)3-9(7)11/h2-3H,5H2,1H3. The molecule has 1 nitrogen and oxygen atoms in total. The molecule has 0 amide bonds. The van der Waals surface area contributed by atoms with Crippen LogP contribution in [0, 0.1) is 23.0 Å². The molecule has 0 unspecified atom stereocenters. The van der Waals surface area contributed by atoms with Crippen LogP contribution >= 0.6 is 11.8 Å². The summed E-state index contributed by atoms with van der Waals surface area (Å²) in [6.07, 6.45) is 1.76. The van der Waals surface area contributed by atoms with Gasteiger partial charge in [0, 0.05) is 11.3 Å². The molecule has 1 aromatic carbocycles. The maximum absolute atomic E-state index is 13.1. The maximum atomic E-state index is 13.1. The second-order valence-electron chi connectivity index (χ2n) is 2.46. The number of rotatable bonds is 2. The van der Waals surface area contributed by atoms with Crippen LogP contribution < -0.4 is 0 Å². The first-order valence-corrected chi connectivity index (χ1v) is 4.95. The van der Waals surface area contributed by atoms with E-state index in [2.05, 4.69) is 0 Å². The van der Waals surface area contributed by atoms with E-state index in [0.29, 0.717) is 0 Å². The van der Waals surface area contributed by atoms with Gasteiger partial charge in [-0.15, -0.1) is 0 Å². The van der Waals surface area contributed by atoms with Crippen LogP contribution in [0.4, 0.5) is 8.78 Å². The van der Waals surface area contributed by atoms with Crippen molar-refractivity contribution in [2.45, 2.75) is 5.75 Å². The molecule has 13 heavy (non-hydrogen) atoms. The van der Waals surface area contributed by atoms with Gasteiger partial charge in [0.1, 0.15) is 11.6 Å². The molecular weight excluding hydrogens is 192 g/mol. The van der Waals surface area contributed by atoms with Crippen molar-refractivity contribution in [1.82, 2.24) is 0 Å². The Kier molecular flexibility index (Phi) is 3.26. The topological polar surface area (TPSA) is 23.8 Å². The molecule has 0 bridgehead atoms. The largest absolute Gasteiger partial charge is 0.207 e. The minimum Gasteiger partial charge on any atom is -0.207 e. The molecule has 0 spiro atoms. The highest BCUT2D eigenvalue weighted by Gasteiger charge is 2.09. The van der Waals surface area contributed by atoms with E-state index < -0.39 is 11.6 Å². The molecule has 0 atom stereocenters. The lowest BCUT2D eigenvalue weighted by atomic mass is 10.1. The van der Waals surface area contributed by atoms with Crippen LogP contribution in [0.15, 0.2) is 12.1 Å². The van der Waals surface area contributed by atoms with Crippen molar-refractivity contribution in [1.29, 1.82) is 5.26 Å². The monoisotopic (exact) mass is 199 g/mol. The van der Waals surface area contributed by atoms with Crippen LogP contribution in [0.25, 0.3) is 0 Å². The van der Waals surface area contributed by atoms with E-state index >= 15 is 0 Å². The summed E-state index contributed by atoms with van der Waals surface area (Å²) in [7, 11) is 0. The van der Waals surface area contributed by atoms with Gasteiger partial charge in [0.2, 0.25) is 0 Å². The molecule has 0 aromatic heterocycles. The molecule has 0 saturated carbocycles. The van der Waals surface area contributed by atoms with Gasteiger partial charge < -0.3 is 0 Å². The lowest BCUT2D eigenvalue weighted by Crippen LogP contribution is -1.94. The van der Waals surface area contributed by atoms with E-state index in [1.165, 1.54) is 11.8 Å². The lowest BCUT2D eigenvalue weighted by Gasteiger charge is -2.02. The van der Waals surface area contributed by atoms with Crippen LogP contribution in [0.5, 0.6) is 0 Å². The normalized spacial score (nSPS) is 9.69. The van der Waals surface area contributed by atoms with Crippen LogP contribution in [-0.2, 0) is 5.75 Å². The van der Waals surface area contributed by atoms with Gasteiger partial charge in [-0.1, -0.05) is 0 Å². The number of hydrogen-bond donors (Lipinski definition) is 0. The Bertz CT molecular complexity index is 334. The zero-order valence-corrected chi connectivity index (χ0v) is 7.79. The van der Waals surface area contributed by atoms with Gasteiger partial charge in [-0.25, -0.2) is 8.78 Å². The Hall–Kier alpha value is -1.08. The fourth-order valence-electron chi connectivity index (χ4n) is 0.950. The van der Waals surface area contributed by atoms with E-state index in [1.807, 2.05) is 0 Å². The van der Waals surface area contributed by atoms with E-state index in [4.69, 9.17) is 5.26 Å². The minimum absolute atomic E-state index is 0.0138. The van der Waals surface area contributed by atoms with Crippen LogP contribution in [0.2, 0.25) is 0 Å². The molecule has 0 aliphatic rings. The second-order valence-corrected chi connectivity index (χ2v) is 3.33. The molecule has 1 aromatic rings. The number of halogens is 2. The second kappa shape index (κ2) is 4.24. The summed E-state index contributed by atoms with van der Waals surface area (Å²) in [5, 5.41) is 8.42. The Morgan fingerprint density at radius 2 is 1.92 bits per heavy atom. The molecule has 0 N–H and O–H groups in total. The quantitative estimate of drug-likeness (QED) is 0.731. The van der Waals surface area contributed by atoms with Gasteiger partial charge in [0.05, 0.1) is 11.6 Å². The Balaban J connectivity index is 3.17. The maximum Gasteiger partial charge on any atom is 0.131 e. The van der Waals surface area contributed by atoms with E-state index in [1.54, 1.807) is 12.3 Å². The number of benzene rings is 1. The number of nitriles is 1. The summed E-state index contributed by atoms with van der Waals surface area (Å²) in [5.41, 5.74) is 0.0475. The van der Waals surface area contributed by atoms with Crippen molar-refractivity contribution in [2.24, 2.45) is 0 Å². The van der Waals surface area contributed by atoms with Crippen LogP contribution in [0.3, 0.4) is 0 Å². The lowest BCUT2D eigenvalue weighted by molar-refractivity contribution is 0.565. The van der Waals surface area contributed by atoms with Crippen molar-refractivity contribution in [2.75, 3.05) is 6.26 Å². The van der Waals surface area contributed by atoms with Crippen molar-refractivity contribution in [3.63, 3.8) is 0 Å². The van der Waals surface area contributed by atoms with Gasteiger partial charge in [-0.3, -0.25) is 0 Å². The summed E-state index contributed by atoms with van der Waals surface area (Å²) in [5.74, 6) is -1.01. The molecule has 68 valence electrons. The summed E-state index contributed by atoms with van der Waals surface area (Å²) in [4.78, 5) is 0. The third kappa shape index (κ3) is 2.19. The number of hydrogen-bond acceptors (Lipinski definition) is 2. The smallest absolute Gasteiger partial charge is 0.131 e. The average Bonchev–Trinajstić information content (AvgIpc) is 2.11. The predicted octanol–water partition coefficient (Wildman–Crippen LogP) is 2.70. The zero-order chi connectivity index (χ0) is 9.84. The minimum atomic E-state index is -0.647. The van der Waals surface area contributed by atoms with Gasteiger partial charge in [-0.2, -0.15) is 17.0 Å². The van der Waals surface area contributed by atoms with Crippen molar-refractivity contribution in [3.8, 4) is 6.07 Å². The third-order valence-electron chi connectivity index (χ3n) is 1.56. The summed E-state index contributed by atoms with van der Waals surface area (Å²) in [6.45, 7) is 0. The Labute approximate surface area is 79.4 Å². The highest BCUT2D eigenvalue weighted by Crippen LogP contribution is 2.19. The van der Waals surface area contributed by atoms with Crippen molar-refractivity contribution < 1.29 is 8.78 Å². The highest BCUT2D eigenvalue weighted by atomic mass is 32.2. The average molecular weight is 199 g/mol.